The van der Waals surface area contributed by atoms with Crippen molar-refractivity contribution in [3.8, 4) is 0 Å². The molecule has 1 aromatic heterocycles. The van der Waals surface area contributed by atoms with Crippen molar-refractivity contribution < 1.29 is 9.90 Å². The van der Waals surface area contributed by atoms with Crippen molar-refractivity contribution in [1.29, 1.82) is 0 Å². The summed E-state index contributed by atoms with van der Waals surface area (Å²) in [7, 11) is 0. The van der Waals surface area contributed by atoms with Gasteiger partial charge in [0.1, 0.15) is 4.88 Å². The molecule has 1 aliphatic heterocycles. The Bertz CT molecular complexity index is 651. The third-order valence-electron chi connectivity index (χ3n) is 3.57. The molecule has 2 heterocycles. The smallest absolute Gasteiger partial charge is 0.345 e. The second-order valence-electron chi connectivity index (χ2n) is 4.90. The standard InChI is InChI=1S/C15H15ClN2O2S/c16-11-2-1-3-12(10-11)17-6-8-18(9-7-17)14-5-4-13(21-14)15(19)20/h1-5,10H,6-9H2,(H,19,20). The van der Waals surface area contributed by atoms with Gasteiger partial charge in [0.15, 0.2) is 0 Å². The quantitative estimate of drug-likeness (QED) is 0.940. The Morgan fingerprint density at radius 2 is 1.81 bits per heavy atom. The van der Waals surface area contributed by atoms with E-state index >= 15 is 0 Å². The summed E-state index contributed by atoms with van der Waals surface area (Å²) >= 11 is 7.36. The molecule has 1 aliphatic rings. The van der Waals surface area contributed by atoms with Gasteiger partial charge in [-0.2, -0.15) is 0 Å². The van der Waals surface area contributed by atoms with E-state index in [1.54, 1.807) is 6.07 Å². The van der Waals surface area contributed by atoms with Crippen molar-refractivity contribution >= 4 is 39.6 Å². The van der Waals surface area contributed by atoms with Crippen molar-refractivity contribution in [1.82, 2.24) is 0 Å². The van der Waals surface area contributed by atoms with Crippen LogP contribution < -0.4 is 9.80 Å². The average Bonchev–Trinajstić information content (AvgIpc) is 2.97. The zero-order valence-electron chi connectivity index (χ0n) is 11.3. The fraction of sp³-hybridized carbons (Fsp3) is 0.267. The first-order valence-electron chi connectivity index (χ1n) is 6.72. The van der Waals surface area contributed by atoms with Crippen LogP contribution in [0.25, 0.3) is 0 Å². The van der Waals surface area contributed by atoms with Crippen LogP contribution in [0.1, 0.15) is 9.67 Å². The van der Waals surface area contributed by atoms with Crippen molar-refractivity contribution in [3.63, 3.8) is 0 Å². The van der Waals surface area contributed by atoms with Crippen molar-refractivity contribution in [2.24, 2.45) is 0 Å². The summed E-state index contributed by atoms with van der Waals surface area (Å²) in [5, 5.41) is 10.8. The Balaban J connectivity index is 1.66. The maximum Gasteiger partial charge on any atom is 0.345 e. The fourth-order valence-corrected chi connectivity index (χ4v) is 3.55. The van der Waals surface area contributed by atoms with Gasteiger partial charge in [0.05, 0.1) is 5.00 Å². The van der Waals surface area contributed by atoms with Gasteiger partial charge in [0.25, 0.3) is 0 Å². The lowest BCUT2D eigenvalue weighted by molar-refractivity contribution is 0.0702. The van der Waals surface area contributed by atoms with Crippen LogP contribution in [-0.2, 0) is 0 Å². The monoisotopic (exact) mass is 322 g/mol. The normalized spacial score (nSPS) is 15.3. The Kier molecular flexibility index (Phi) is 4.03. The number of nitrogens with zero attached hydrogens (tertiary/aromatic N) is 2. The lowest BCUT2D eigenvalue weighted by Crippen LogP contribution is -2.46. The lowest BCUT2D eigenvalue weighted by Gasteiger charge is -2.36. The highest BCUT2D eigenvalue weighted by Crippen LogP contribution is 2.28. The number of piperazine rings is 1. The minimum atomic E-state index is -0.858. The number of carbonyl (C=O) groups is 1. The number of hydrogen-bond acceptors (Lipinski definition) is 4. The van der Waals surface area contributed by atoms with E-state index in [2.05, 4.69) is 15.9 Å². The summed E-state index contributed by atoms with van der Waals surface area (Å²) in [5.74, 6) is -0.858. The third-order valence-corrected chi connectivity index (χ3v) is 4.94. The van der Waals surface area contributed by atoms with Crippen LogP contribution in [0.5, 0.6) is 0 Å². The second-order valence-corrected chi connectivity index (χ2v) is 6.40. The molecule has 4 nitrogen and oxygen atoms in total. The molecule has 0 unspecified atom stereocenters. The Morgan fingerprint density at radius 1 is 1.10 bits per heavy atom. The minimum Gasteiger partial charge on any atom is -0.477 e. The fourth-order valence-electron chi connectivity index (χ4n) is 2.47. The van der Waals surface area contributed by atoms with E-state index in [1.165, 1.54) is 11.3 Å². The molecule has 0 amide bonds. The van der Waals surface area contributed by atoms with Gasteiger partial charge in [0, 0.05) is 36.9 Å². The van der Waals surface area contributed by atoms with E-state index in [4.69, 9.17) is 16.7 Å². The largest absolute Gasteiger partial charge is 0.477 e. The van der Waals surface area contributed by atoms with Crippen molar-refractivity contribution in [2.45, 2.75) is 0 Å². The molecule has 0 bridgehead atoms. The summed E-state index contributed by atoms with van der Waals surface area (Å²) in [6.45, 7) is 3.57. The molecule has 3 rings (SSSR count). The molecule has 1 fully saturated rings. The molecule has 6 heteroatoms. The zero-order valence-corrected chi connectivity index (χ0v) is 12.9. The average molecular weight is 323 g/mol. The number of benzene rings is 1. The highest BCUT2D eigenvalue weighted by Gasteiger charge is 2.19. The Labute approximate surface area is 132 Å². The maximum atomic E-state index is 10.9. The zero-order chi connectivity index (χ0) is 14.8. The Morgan fingerprint density at radius 3 is 2.43 bits per heavy atom. The molecule has 0 atom stereocenters. The predicted molar refractivity (Wildman–Crippen MR) is 87.2 cm³/mol. The van der Waals surface area contributed by atoms with Crippen LogP contribution in [0.3, 0.4) is 0 Å². The van der Waals surface area contributed by atoms with Gasteiger partial charge < -0.3 is 14.9 Å². The lowest BCUT2D eigenvalue weighted by atomic mass is 10.2. The summed E-state index contributed by atoms with van der Waals surface area (Å²) in [6, 6.07) is 11.4. The number of anilines is 2. The molecule has 1 aromatic carbocycles. The number of carboxylic acids is 1. The topological polar surface area (TPSA) is 43.8 Å². The van der Waals surface area contributed by atoms with Crippen molar-refractivity contribution in [2.75, 3.05) is 36.0 Å². The van der Waals surface area contributed by atoms with Gasteiger partial charge >= 0.3 is 5.97 Å². The van der Waals surface area contributed by atoms with E-state index in [0.717, 1.165) is 41.9 Å². The van der Waals surface area contributed by atoms with E-state index in [-0.39, 0.29) is 0 Å². The van der Waals surface area contributed by atoms with Crippen molar-refractivity contribution in [3.05, 3.63) is 46.3 Å². The highest BCUT2D eigenvalue weighted by molar-refractivity contribution is 7.17. The molecule has 110 valence electrons. The van der Waals surface area contributed by atoms with Crippen LogP contribution in [-0.4, -0.2) is 37.3 Å². The third kappa shape index (κ3) is 3.14. The van der Waals surface area contributed by atoms with Crippen LogP contribution in [0.4, 0.5) is 10.7 Å². The highest BCUT2D eigenvalue weighted by atomic mass is 35.5. The number of halogens is 1. The summed E-state index contributed by atoms with van der Waals surface area (Å²) in [5.41, 5.74) is 1.14. The second kappa shape index (κ2) is 5.95. The molecular formula is C15H15ClN2O2S. The number of carboxylic acid groups (broad SMARTS) is 1. The molecule has 0 radical (unpaired) electrons. The first-order valence-corrected chi connectivity index (χ1v) is 7.91. The molecular weight excluding hydrogens is 308 g/mol. The molecule has 21 heavy (non-hydrogen) atoms. The number of aromatic carboxylic acids is 1. The van der Waals surface area contributed by atoms with Gasteiger partial charge in [-0.1, -0.05) is 17.7 Å². The minimum absolute atomic E-state index is 0.391. The van der Waals surface area contributed by atoms with Gasteiger partial charge in [0.2, 0.25) is 0 Å². The van der Waals surface area contributed by atoms with Gasteiger partial charge in [-0.25, -0.2) is 4.79 Å². The summed E-state index contributed by atoms with van der Waals surface area (Å²) in [6.07, 6.45) is 0. The number of hydrogen-bond donors (Lipinski definition) is 1. The van der Waals surface area contributed by atoms with E-state index in [0.29, 0.717) is 4.88 Å². The molecule has 2 aromatic rings. The molecule has 1 saturated heterocycles. The van der Waals surface area contributed by atoms with E-state index < -0.39 is 5.97 Å². The van der Waals surface area contributed by atoms with E-state index in [1.807, 2.05) is 24.3 Å². The van der Waals surface area contributed by atoms with Gasteiger partial charge in [-0.05, 0) is 30.3 Å². The van der Waals surface area contributed by atoms with Crippen LogP contribution in [0.15, 0.2) is 36.4 Å². The SMILES string of the molecule is O=C(O)c1ccc(N2CCN(c3cccc(Cl)c3)CC2)s1. The first-order chi connectivity index (χ1) is 10.1. The summed E-state index contributed by atoms with van der Waals surface area (Å²) in [4.78, 5) is 15.9. The van der Waals surface area contributed by atoms with Crippen LogP contribution in [0.2, 0.25) is 5.02 Å². The maximum absolute atomic E-state index is 10.9. The molecule has 0 spiro atoms. The number of thiophene rings is 1. The van der Waals surface area contributed by atoms with Crippen LogP contribution >= 0.6 is 22.9 Å². The van der Waals surface area contributed by atoms with E-state index in [9.17, 15) is 4.79 Å². The molecule has 1 N–H and O–H groups in total. The summed E-state index contributed by atoms with van der Waals surface area (Å²) < 4.78 is 0. The number of rotatable bonds is 3. The van der Waals surface area contributed by atoms with Crippen LogP contribution in [0, 0.1) is 0 Å². The van der Waals surface area contributed by atoms with Gasteiger partial charge in [-0.15, -0.1) is 11.3 Å². The first kappa shape index (κ1) is 14.2. The molecule has 0 saturated carbocycles. The predicted octanol–water partition coefficient (Wildman–Crippen LogP) is 3.43. The van der Waals surface area contributed by atoms with Gasteiger partial charge in [-0.3, -0.25) is 0 Å². The Hall–Kier alpha value is -1.72. The molecule has 0 aliphatic carbocycles.